The zero-order valence-electron chi connectivity index (χ0n) is 14.2. The maximum absolute atomic E-state index is 12.3. The largest absolute Gasteiger partial charge is 0.471 e. The number of hydrogen-bond donors (Lipinski definition) is 1. The van der Waals surface area contributed by atoms with Crippen molar-refractivity contribution in [1.29, 1.82) is 0 Å². The van der Waals surface area contributed by atoms with Gasteiger partial charge in [-0.3, -0.25) is 15.1 Å². The third-order valence-corrected chi connectivity index (χ3v) is 4.44. The summed E-state index contributed by atoms with van der Waals surface area (Å²) in [5.41, 5.74) is 1.20. The van der Waals surface area contributed by atoms with Crippen LogP contribution in [0.15, 0.2) is 24.5 Å². The molecule has 0 aliphatic carbocycles. The van der Waals surface area contributed by atoms with E-state index in [4.69, 9.17) is 0 Å². The minimum absolute atomic E-state index is 0.206. The second kappa shape index (κ2) is 7.40. The van der Waals surface area contributed by atoms with Gasteiger partial charge in [0.15, 0.2) is 0 Å². The first-order chi connectivity index (χ1) is 12.3. The lowest BCUT2D eigenvalue weighted by Gasteiger charge is -2.31. The molecule has 1 unspecified atom stereocenters. The number of nitrogens with zero attached hydrogens (tertiary/aromatic N) is 5. The smallest absolute Gasteiger partial charge is 0.301 e. The molecule has 1 N–H and O–H groups in total. The Labute approximate surface area is 148 Å². The van der Waals surface area contributed by atoms with Crippen molar-refractivity contribution in [2.45, 2.75) is 38.0 Å². The second-order valence-electron chi connectivity index (χ2n) is 6.26. The van der Waals surface area contributed by atoms with Crippen LogP contribution in [0.1, 0.15) is 17.8 Å². The summed E-state index contributed by atoms with van der Waals surface area (Å²) in [6.45, 7) is 1.37. The molecule has 7 nitrogen and oxygen atoms in total. The van der Waals surface area contributed by atoms with E-state index >= 15 is 0 Å². The molecule has 0 bridgehead atoms. The number of aromatic nitrogens is 4. The van der Waals surface area contributed by atoms with Crippen LogP contribution in [0.5, 0.6) is 0 Å². The fourth-order valence-corrected chi connectivity index (χ4v) is 2.91. The van der Waals surface area contributed by atoms with Gasteiger partial charge in [0.25, 0.3) is 0 Å². The molecule has 140 valence electrons. The first kappa shape index (κ1) is 18.3. The van der Waals surface area contributed by atoms with Gasteiger partial charge in [-0.15, -0.1) is 5.10 Å². The number of amides is 1. The Morgan fingerprint density at radius 3 is 2.81 bits per heavy atom. The zero-order valence-corrected chi connectivity index (χ0v) is 14.2. The van der Waals surface area contributed by atoms with E-state index in [2.05, 4.69) is 20.0 Å². The van der Waals surface area contributed by atoms with E-state index in [9.17, 15) is 18.0 Å². The van der Waals surface area contributed by atoms with Gasteiger partial charge >= 0.3 is 12.1 Å². The molecule has 3 heterocycles. The van der Waals surface area contributed by atoms with Gasteiger partial charge in [0.1, 0.15) is 5.82 Å². The molecule has 2 aromatic heterocycles. The molecular formula is C16H19F3N6O. The highest BCUT2D eigenvalue weighted by Crippen LogP contribution is 2.20. The van der Waals surface area contributed by atoms with E-state index in [0.29, 0.717) is 18.8 Å². The Bertz CT molecular complexity index is 761. The summed E-state index contributed by atoms with van der Waals surface area (Å²) in [6, 6.07) is 4.15. The average Bonchev–Trinajstić information content (AvgIpc) is 3.01. The van der Waals surface area contributed by atoms with Gasteiger partial charge < -0.3 is 4.90 Å². The molecule has 3 rings (SSSR count). The van der Waals surface area contributed by atoms with Gasteiger partial charge in [-0.2, -0.15) is 18.2 Å². The minimum Gasteiger partial charge on any atom is -0.301 e. The normalized spacial score (nSPS) is 17.2. The Balaban J connectivity index is 1.58. The van der Waals surface area contributed by atoms with Gasteiger partial charge in [-0.05, 0) is 37.6 Å². The molecular weight excluding hydrogens is 349 g/mol. The molecule has 0 aromatic carbocycles. The van der Waals surface area contributed by atoms with Gasteiger partial charge in [0.05, 0.1) is 6.54 Å². The molecule has 1 amide bonds. The van der Waals surface area contributed by atoms with Crippen LogP contribution in [0.25, 0.3) is 0 Å². The third kappa shape index (κ3) is 4.37. The number of nitrogens with one attached hydrogen (secondary N) is 1. The second-order valence-corrected chi connectivity index (χ2v) is 6.26. The zero-order chi connectivity index (χ0) is 18.7. The summed E-state index contributed by atoms with van der Waals surface area (Å²) in [4.78, 5) is 21.2. The highest BCUT2D eigenvalue weighted by Gasteiger charge is 2.39. The van der Waals surface area contributed by atoms with Gasteiger partial charge in [-0.1, -0.05) is 0 Å². The number of carbonyl (C=O) groups is 1. The molecule has 0 spiro atoms. The van der Waals surface area contributed by atoms with Crippen molar-refractivity contribution in [3.05, 3.63) is 35.9 Å². The van der Waals surface area contributed by atoms with Crippen LogP contribution in [-0.2, 0) is 24.2 Å². The number of pyridine rings is 1. The SMILES string of the molecule is CN(CCc1ccncc1)C1CCc2nc(NC(=O)C(F)(F)F)nn2C1. The van der Waals surface area contributed by atoms with E-state index in [-0.39, 0.29) is 12.0 Å². The molecule has 1 atom stereocenters. The van der Waals surface area contributed by atoms with Crippen LogP contribution in [-0.4, -0.2) is 56.4 Å². The molecule has 1 aliphatic heterocycles. The van der Waals surface area contributed by atoms with E-state index in [1.165, 1.54) is 5.56 Å². The lowest BCUT2D eigenvalue weighted by atomic mass is 10.1. The van der Waals surface area contributed by atoms with Crippen LogP contribution in [0, 0.1) is 0 Å². The van der Waals surface area contributed by atoms with Gasteiger partial charge in [-0.25, -0.2) is 4.68 Å². The van der Waals surface area contributed by atoms with Crippen molar-refractivity contribution in [3.63, 3.8) is 0 Å². The molecule has 0 saturated carbocycles. The Kier molecular flexibility index (Phi) is 5.21. The maximum Gasteiger partial charge on any atom is 0.471 e. The molecule has 0 saturated heterocycles. The summed E-state index contributed by atoms with van der Waals surface area (Å²) >= 11 is 0. The summed E-state index contributed by atoms with van der Waals surface area (Å²) in [6.07, 6.45) is 0.869. The topological polar surface area (TPSA) is 75.9 Å². The first-order valence-electron chi connectivity index (χ1n) is 8.24. The summed E-state index contributed by atoms with van der Waals surface area (Å²) in [5.74, 6) is -1.78. The van der Waals surface area contributed by atoms with Crippen molar-refractivity contribution in [3.8, 4) is 0 Å². The van der Waals surface area contributed by atoms with Crippen LogP contribution in [0.3, 0.4) is 0 Å². The van der Waals surface area contributed by atoms with E-state index < -0.39 is 12.1 Å². The number of alkyl halides is 3. The molecule has 2 aromatic rings. The number of aryl methyl sites for hydroxylation is 1. The molecule has 0 fully saturated rings. The standard InChI is InChI=1S/C16H19F3N6O/c1-24(9-6-11-4-7-20-8-5-11)12-2-3-13-21-15(23-25(13)10-12)22-14(26)16(17,18)19/h4-5,7-8,12H,2-3,6,9-10H2,1H3,(H,22,23,26). The van der Waals surface area contributed by atoms with Gasteiger partial charge in [0, 0.05) is 31.4 Å². The highest BCUT2D eigenvalue weighted by molar-refractivity contribution is 5.93. The predicted octanol–water partition coefficient (Wildman–Crippen LogP) is 1.66. The molecule has 0 radical (unpaired) electrons. The lowest BCUT2D eigenvalue weighted by Crippen LogP contribution is -2.40. The molecule has 26 heavy (non-hydrogen) atoms. The minimum atomic E-state index is -4.96. The number of fused-ring (bicyclic) bond motifs is 1. The number of rotatable bonds is 5. The predicted molar refractivity (Wildman–Crippen MR) is 87.4 cm³/mol. The molecule has 10 heteroatoms. The number of anilines is 1. The van der Waals surface area contributed by atoms with Crippen LogP contribution < -0.4 is 5.32 Å². The van der Waals surface area contributed by atoms with Crippen LogP contribution in [0.2, 0.25) is 0 Å². The summed E-state index contributed by atoms with van der Waals surface area (Å²) in [5, 5.41) is 5.70. The number of likely N-dealkylation sites (N-methyl/N-ethyl adjacent to an activating group) is 1. The van der Waals surface area contributed by atoms with Gasteiger partial charge in [0.2, 0.25) is 5.95 Å². The third-order valence-electron chi connectivity index (χ3n) is 4.44. The fourth-order valence-electron chi connectivity index (χ4n) is 2.91. The number of hydrogen-bond acceptors (Lipinski definition) is 5. The van der Waals surface area contributed by atoms with Crippen LogP contribution >= 0.6 is 0 Å². The van der Waals surface area contributed by atoms with E-state index in [1.807, 2.05) is 19.2 Å². The first-order valence-corrected chi connectivity index (χ1v) is 8.24. The monoisotopic (exact) mass is 368 g/mol. The van der Waals surface area contributed by atoms with Crippen molar-refractivity contribution in [1.82, 2.24) is 24.6 Å². The highest BCUT2D eigenvalue weighted by atomic mass is 19.4. The summed E-state index contributed by atoms with van der Waals surface area (Å²) in [7, 11) is 2.01. The van der Waals surface area contributed by atoms with Crippen molar-refractivity contribution in [2.24, 2.45) is 0 Å². The Morgan fingerprint density at radius 2 is 2.12 bits per heavy atom. The Morgan fingerprint density at radius 1 is 1.38 bits per heavy atom. The number of halogens is 3. The van der Waals surface area contributed by atoms with Crippen LogP contribution in [0.4, 0.5) is 19.1 Å². The van der Waals surface area contributed by atoms with Crippen molar-refractivity contribution < 1.29 is 18.0 Å². The average molecular weight is 368 g/mol. The Hall–Kier alpha value is -2.49. The van der Waals surface area contributed by atoms with Crippen molar-refractivity contribution >= 4 is 11.9 Å². The number of carbonyl (C=O) groups excluding carboxylic acids is 1. The van der Waals surface area contributed by atoms with E-state index in [0.717, 1.165) is 19.4 Å². The fraction of sp³-hybridized carbons (Fsp3) is 0.500. The van der Waals surface area contributed by atoms with Crippen molar-refractivity contribution in [2.75, 3.05) is 18.9 Å². The molecule has 1 aliphatic rings. The van der Waals surface area contributed by atoms with E-state index in [1.54, 1.807) is 22.4 Å². The maximum atomic E-state index is 12.3. The lowest BCUT2D eigenvalue weighted by molar-refractivity contribution is -0.167. The quantitative estimate of drug-likeness (QED) is 0.869. The summed E-state index contributed by atoms with van der Waals surface area (Å²) < 4.78 is 38.6.